The summed E-state index contributed by atoms with van der Waals surface area (Å²) in [4.78, 5) is 0. The summed E-state index contributed by atoms with van der Waals surface area (Å²) in [6, 6.07) is 4.41. The van der Waals surface area contributed by atoms with E-state index in [0.717, 1.165) is 12.8 Å². The summed E-state index contributed by atoms with van der Waals surface area (Å²) in [7, 11) is -3.68. The van der Waals surface area contributed by atoms with Crippen LogP contribution in [0.3, 0.4) is 0 Å². The number of nitrogens with zero attached hydrogens (tertiary/aromatic N) is 1. The molecule has 1 aliphatic carbocycles. The van der Waals surface area contributed by atoms with Gasteiger partial charge in [0.25, 0.3) is 10.0 Å². The Morgan fingerprint density at radius 2 is 1.96 bits per heavy atom. The molecule has 0 spiro atoms. The molecule has 0 unspecified atom stereocenters. The van der Waals surface area contributed by atoms with Gasteiger partial charge in [0.05, 0.1) is 17.1 Å². The predicted molar refractivity (Wildman–Crippen MR) is 94.7 cm³/mol. The summed E-state index contributed by atoms with van der Waals surface area (Å²) in [6.07, 6.45) is 2.23. The van der Waals surface area contributed by atoms with E-state index < -0.39 is 20.6 Å². The van der Waals surface area contributed by atoms with Crippen LogP contribution in [0.25, 0.3) is 0 Å². The molecule has 0 aliphatic heterocycles. The molecule has 0 aromatic heterocycles. The van der Waals surface area contributed by atoms with Gasteiger partial charge in [0.1, 0.15) is 0 Å². The van der Waals surface area contributed by atoms with Crippen molar-refractivity contribution in [3.63, 3.8) is 0 Å². The minimum Gasteiger partial charge on any atom is -0.490 e. The van der Waals surface area contributed by atoms with Gasteiger partial charge < -0.3 is 4.74 Å². The van der Waals surface area contributed by atoms with Crippen LogP contribution in [0.4, 0.5) is 4.39 Å². The molecule has 134 valence electrons. The van der Waals surface area contributed by atoms with Crippen LogP contribution in [0.5, 0.6) is 5.75 Å². The van der Waals surface area contributed by atoms with Crippen LogP contribution in [0.1, 0.15) is 53.0 Å². The first-order valence-electron chi connectivity index (χ1n) is 8.28. The van der Waals surface area contributed by atoms with E-state index in [-0.39, 0.29) is 11.7 Å². The van der Waals surface area contributed by atoms with E-state index in [1.807, 2.05) is 13.8 Å². The van der Waals surface area contributed by atoms with Crippen molar-refractivity contribution in [1.29, 1.82) is 0 Å². The van der Waals surface area contributed by atoms with Crippen molar-refractivity contribution in [2.45, 2.75) is 52.2 Å². The Balaban J connectivity index is 2.39. The standard InChI is InChI=1S/C18H26FNO3S/c1-12(2)17(20-24(21,22)18(3,4)5)14-8-9-15(19)16(10-14)23-11-13-6-7-13/h8-10,12-13H,6-7,11H2,1-5H3. The molecular weight excluding hydrogens is 329 g/mol. The molecule has 0 saturated heterocycles. The minimum atomic E-state index is -3.68. The number of rotatable bonds is 6. The molecule has 0 atom stereocenters. The Morgan fingerprint density at radius 3 is 2.46 bits per heavy atom. The Kier molecular flexibility index (Phi) is 5.37. The van der Waals surface area contributed by atoms with Crippen molar-refractivity contribution < 1.29 is 17.5 Å². The average molecular weight is 355 g/mol. The lowest BCUT2D eigenvalue weighted by atomic mass is 10.00. The van der Waals surface area contributed by atoms with Gasteiger partial charge in [0.15, 0.2) is 11.6 Å². The SMILES string of the molecule is CC(C)C(=NS(=O)(=O)C(C)(C)C)c1ccc(F)c(OCC2CC2)c1. The van der Waals surface area contributed by atoms with Crippen LogP contribution in [-0.2, 0) is 10.0 Å². The number of hydrogen-bond acceptors (Lipinski definition) is 3. The Labute approximate surface area is 144 Å². The topological polar surface area (TPSA) is 55.7 Å². The van der Waals surface area contributed by atoms with Crippen LogP contribution < -0.4 is 4.74 Å². The normalized spacial score (nSPS) is 16.5. The zero-order chi connectivity index (χ0) is 18.1. The van der Waals surface area contributed by atoms with Gasteiger partial charge in [-0.25, -0.2) is 12.8 Å². The highest BCUT2D eigenvalue weighted by Crippen LogP contribution is 2.31. The van der Waals surface area contributed by atoms with Crippen LogP contribution in [0.15, 0.2) is 22.6 Å². The fourth-order valence-corrected chi connectivity index (χ4v) is 2.87. The molecule has 1 saturated carbocycles. The zero-order valence-corrected chi connectivity index (χ0v) is 15.8. The second kappa shape index (κ2) is 6.82. The Hall–Kier alpha value is -1.43. The van der Waals surface area contributed by atoms with Gasteiger partial charge in [-0.05, 0) is 63.6 Å². The highest BCUT2D eigenvalue weighted by Gasteiger charge is 2.30. The van der Waals surface area contributed by atoms with Crippen molar-refractivity contribution >= 4 is 15.7 Å². The van der Waals surface area contributed by atoms with Gasteiger partial charge in [-0.2, -0.15) is 4.40 Å². The summed E-state index contributed by atoms with van der Waals surface area (Å²) in [5, 5.41) is 0. The fraction of sp³-hybridized carbons (Fsp3) is 0.611. The summed E-state index contributed by atoms with van der Waals surface area (Å²) < 4.78 is 47.4. The van der Waals surface area contributed by atoms with E-state index in [2.05, 4.69) is 4.40 Å². The highest BCUT2D eigenvalue weighted by atomic mass is 32.2. The van der Waals surface area contributed by atoms with Gasteiger partial charge in [0.2, 0.25) is 0 Å². The summed E-state index contributed by atoms with van der Waals surface area (Å²) in [6.45, 7) is 9.06. The van der Waals surface area contributed by atoms with Crippen LogP contribution in [-0.4, -0.2) is 25.5 Å². The first-order valence-corrected chi connectivity index (χ1v) is 9.72. The van der Waals surface area contributed by atoms with Crippen LogP contribution >= 0.6 is 0 Å². The first kappa shape index (κ1) is 18.9. The summed E-state index contributed by atoms with van der Waals surface area (Å²) in [5.41, 5.74) is 0.992. The molecule has 4 nitrogen and oxygen atoms in total. The maximum atomic E-state index is 13.9. The monoisotopic (exact) mass is 355 g/mol. The lowest BCUT2D eigenvalue weighted by Crippen LogP contribution is -2.28. The molecule has 6 heteroatoms. The number of benzene rings is 1. The lowest BCUT2D eigenvalue weighted by molar-refractivity contribution is 0.285. The number of halogens is 1. The van der Waals surface area contributed by atoms with Crippen LogP contribution in [0.2, 0.25) is 0 Å². The quantitative estimate of drug-likeness (QED) is 0.719. The number of ether oxygens (including phenoxy) is 1. The van der Waals surface area contributed by atoms with E-state index >= 15 is 0 Å². The summed E-state index contributed by atoms with van der Waals surface area (Å²) >= 11 is 0. The third-order valence-electron chi connectivity index (χ3n) is 3.94. The van der Waals surface area contributed by atoms with E-state index in [1.54, 1.807) is 32.9 Å². The second-order valence-corrected chi connectivity index (χ2v) is 9.98. The molecule has 0 amide bonds. The van der Waals surface area contributed by atoms with Crippen molar-refractivity contribution in [2.24, 2.45) is 16.2 Å². The van der Waals surface area contributed by atoms with E-state index in [9.17, 15) is 12.8 Å². The van der Waals surface area contributed by atoms with Crippen molar-refractivity contribution in [1.82, 2.24) is 0 Å². The minimum absolute atomic E-state index is 0.121. The molecule has 24 heavy (non-hydrogen) atoms. The van der Waals surface area contributed by atoms with Crippen molar-refractivity contribution in [3.05, 3.63) is 29.6 Å². The third-order valence-corrected chi connectivity index (χ3v) is 5.92. The molecule has 1 fully saturated rings. The van der Waals surface area contributed by atoms with Crippen LogP contribution in [0, 0.1) is 17.7 Å². The molecule has 0 heterocycles. The first-order chi connectivity index (χ1) is 11.0. The van der Waals surface area contributed by atoms with Crippen molar-refractivity contribution in [3.8, 4) is 5.75 Å². The predicted octanol–water partition coefficient (Wildman–Crippen LogP) is 4.19. The fourth-order valence-electron chi connectivity index (χ4n) is 2.02. The number of sulfonamides is 1. The van der Waals surface area contributed by atoms with E-state index in [0.29, 0.717) is 23.8 Å². The zero-order valence-electron chi connectivity index (χ0n) is 15.0. The van der Waals surface area contributed by atoms with Gasteiger partial charge in [-0.1, -0.05) is 13.8 Å². The van der Waals surface area contributed by atoms with Gasteiger partial charge >= 0.3 is 0 Å². The summed E-state index contributed by atoms with van der Waals surface area (Å²) in [5.74, 6) is 0.0959. The maximum Gasteiger partial charge on any atom is 0.258 e. The van der Waals surface area contributed by atoms with E-state index in [1.165, 1.54) is 6.07 Å². The second-order valence-electron chi connectivity index (χ2n) is 7.62. The Morgan fingerprint density at radius 1 is 1.33 bits per heavy atom. The average Bonchev–Trinajstić information content (AvgIpc) is 3.27. The molecule has 0 N–H and O–H groups in total. The molecule has 1 aromatic carbocycles. The number of hydrogen-bond donors (Lipinski definition) is 0. The van der Waals surface area contributed by atoms with Gasteiger partial charge in [-0.15, -0.1) is 0 Å². The van der Waals surface area contributed by atoms with E-state index in [4.69, 9.17) is 4.74 Å². The largest absolute Gasteiger partial charge is 0.490 e. The molecule has 1 aromatic rings. The van der Waals surface area contributed by atoms with Gasteiger partial charge in [0, 0.05) is 5.56 Å². The maximum absolute atomic E-state index is 13.9. The highest BCUT2D eigenvalue weighted by molar-refractivity contribution is 7.91. The smallest absolute Gasteiger partial charge is 0.258 e. The molecule has 0 radical (unpaired) electrons. The van der Waals surface area contributed by atoms with Crippen molar-refractivity contribution in [2.75, 3.05) is 6.61 Å². The third kappa shape index (κ3) is 4.56. The Bertz CT molecular complexity index is 729. The van der Waals surface area contributed by atoms with Gasteiger partial charge in [-0.3, -0.25) is 0 Å². The lowest BCUT2D eigenvalue weighted by Gasteiger charge is -2.18. The molecule has 0 bridgehead atoms. The molecule has 2 rings (SSSR count). The molecular formula is C18H26FNO3S. The molecule has 1 aliphatic rings.